The predicted molar refractivity (Wildman–Crippen MR) is 84.6 cm³/mol. The van der Waals surface area contributed by atoms with Crippen LogP contribution in [0.3, 0.4) is 0 Å². The van der Waals surface area contributed by atoms with Crippen LogP contribution in [-0.4, -0.2) is 23.2 Å². The van der Waals surface area contributed by atoms with Gasteiger partial charge >= 0.3 is 5.97 Å². The van der Waals surface area contributed by atoms with E-state index in [1.165, 1.54) is 6.07 Å². The summed E-state index contributed by atoms with van der Waals surface area (Å²) in [5.41, 5.74) is 1.71. The summed E-state index contributed by atoms with van der Waals surface area (Å²) in [4.78, 5) is 15.5. The highest BCUT2D eigenvalue weighted by Gasteiger charge is 2.09. The summed E-state index contributed by atoms with van der Waals surface area (Å²) < 4.78 is 6.07. The van der Waals surface area contributed by atoms with Crippen LogP contribution in [0.4, 0.5) is 11.5 Å². The van der Waals surface area contributed by atoms with Gasteiger partial charge in [0.15, 0.2) is 0 Å². The van der Waals surface area contributed by atoms with Gasteiger partial charge in [-0.3, -0.25) is 0 Å². The third-order valence-electron chi connectivity index (χ3n) is 2.91. The first kappa shape index (κ1) is 15.3. The molecule has 0 saturated carbocycles. The van der Waals surface area contributed by atoms with Crippen LogP contribution in [0.25, 0.3) is 0 Å². The predicted octanol–water partition coefficient (Wildman–Crippen LogP) is 3.86. The summed E-state index contributed by atoms with van der Waals surface area (Å²) in [6.45, 7) is 1.93. The number of aryl methyl sites for hydroxylation is 1. The molecule has 0 unspecified atom stereocenters. The lowest BCUT2D eigenvalue weighted by Crippen LogP contribution is -2.03. The Morgan fingerprint density at radius 3 is 2.76 bits per heavy atom. The van der Waals surface area contributed by atoms with Crippen molar-refractivity contribution in [1.82, 2.24) is 4.98 Å². The molecule has 1 aromatic heterocycles. The molecular formula is C15H15BrN2O3. The molecule has 6 heteroatoms. The number of anilines is 2. The Kier molecular flexibility index (Phi) is 4.80. The van der Waals surface area contributed by atoms with Crippen molar-refractivity contribution in [3.8, 4) is 5.75 Å². The fourth-order valence-electron chi connectivity index (χ4n) is 1.84. The van der Waals surface area contributed by atoms with Crippen LogP contribution in [0.15, 0.2) is 34.8 Å². The number of hydrogen-bond donors (Lipinski definition) is 2. The zero-order valence-electron chi connectivity index (χ0n) is 11.7. The Bertz CT molecular complexity index is 674. The molecule has 1 heterocycles. The van der Waals surface area contributed by atoms with Crippen molar-refractivity contribution in [3.05, 3.63) is 46.1 Å². The number of carboxylic acid groups (broad SMARTS) is 1. The monoisotopic (exact) mass is 350 g/mol. The average molecular weight is 351 g/mol. The number of aromatic carboxylic acids is 1. The Balaban J connectivity index is 2.34. The van der Waals surface area contributed by atoms with Crippen LogP contribution >= 0.6 is 15.9 Å². The van der Waals surface area contributed by atoms with Crippen molar-refractivity contribution in [1.29, 1.82) is 0 Å². The van der Waals surface area contributed by atoms with E-state index in [1.807, 2.05) is 25.1 Å². The molecule has 5 nitrogen and oxygen atoms in total. The van der Waals surface area contributed by atoms with Crippen LogP contribution in [0.5, 0.6) is 5.75 Å². The Morgan fingerprint density at radius 1 is 1.38 bits per heavy atom. The van der Waals surface area contributed by atoms with E-state index in [2.05, 4.69) is 26.2 Å². The number of rotatable bonds is 5. The summed E-state index contributed by atoms with van der Waals surface area (Å²) in [6, 6.07) is 8.60. The van der Waals surface area contributed by atoms with Gasteiger partial charge in [0.1, 0.15) is 11.6 Å². The molecule has 110 valence electrons. The number of ether oxygens (including phenoxy) is 1. The van der Waals surface area contributed by atoms with Crippen LogP contribution in [0, 0.1) is 0 Å². The second-order valence-corrected chi connectivity index (χ2v) is 5.22. The summed E-state index contributed by atoms with van der Waals surface area (Å²) in [7, 11) is 1.59. The van der Waals surface area contributed by atoms with Crippen molar-refractivity contribution in [2.24, 2.45) is 0 Å². The lowest BCUT2D eigenvalue weighted by atomic mass is 10.2. The maximum absolute atomic E-state index is 11.1. The summed E-state index contributed by atoms with van der Waals surface area (Å²) in [5.74, 6) is 0.213. The smallest absolute Gasteiger partial charge is 0.335 e. The van der Waals surface area contributed by atoms with E-state index in [4.69, 9.17) is 9.84 Å². The number of nitrogens with zero attached hydrogens (tertiary/aromatic N) is 1. The molecule has 0 atom stereocenters. The molecule has 2 rings (SSSR count). The summed E-state index contributed by atoms with van der Waals surface area (Å²) in [5, 5.41) is 12.2. The number of hydrogen-bond acceptors (Lipinski definition) is 4. The van der Waals surface area contributed by atoms with Crippen molar-refractivity contribution < 1.29 is 14.6 Å². The van der Waals surface area contributed by atoms with Gasteiger partial charge in [-0.05, 0) is 46.6 Å². The SMILES string of the molecule is CCc1cc(C(=O)O)cc(Nc2ccc(Br)c(OC)c2)n1. The van der Waals surface area contributed by atoms with Gasteiger partial charge in [0.2, 0.25) is 0 Å². The number of carboxylic acids is 1. The van der Waals surface area contributed by atoms with Crippen LogP contribution in [0.2, 0.25) is 0 Å². The average Bonchev–Trinajstić information content (AvgIpc) is 2.48. The number of halogens is 1. The Hall–Kier alpha value is -2.08. The second kappa shape index (κ2) is 6.58. The van der Waals surface area contributed by atoms with Gasteiger partial charge in [-0.25, -0.2) is 9.78 Å². The van der Waals surface area contributed by atoms with Crippen molar-refractivity contribution >= 4 is 33.4 Å². The maximum Gasteiger partial charge on any atom is 0.335 e. The van der Waals surface area contributed by atoms with E-state index in [0.29, 0.717) is 18.0 Å². The lowest BCUT2D eigenvalue weighted by molar-refractivity contribution is 0.0696. The maximum atomic E-state index is 11.1. The first-order valence-electron chi connectivity index (χ1n) is 6.38. The number of pyridine rings is 1. The van der Waals surface area contributed by atoms with E-state index < -0.39 is 5.97 Å². The quantitative estimate of drug-likeness (QED) is 0.856. The second-order valence-electron chi connectivity index (χ2n) is 4.37. The minimum Gasteiger partial charge on any atom is -0.495 e. The molecule has 0 spiro atoms. The van der Waals surface area contributed by atoms with Crippen LogP contribution in [0.1, 0.15) is 23.0 Å². The summed E-state index contributed by atoms with van der Waals surface area (Å²) in [6.07, 6.45) is 0.666. The van der Waals surface area contributed by atoms with E-state index in [1.54, 1.807) is 13.2 Å². The molecule has 1 aromatic carbocycles. The molecule has 0 aliphatic rings. The molecule has 0 saturated heterocycles. The first-order chi connectivity index (χ1) is 10.0. The molecule has 0 aliphatic carbocycles. The Labute approximate surface area is 131 Å². The van der Waals surface area contributed by atoms with Crippen molar-refractivity contribution in [3.63, 3.8) is 0 Å². The third kappa shape index (κ3) is 3.72. The highest BCUT2D eigenvalue weighted by Crippen LogP contribution is 2.29. The van der Waals surface area contributed by atoms with Gasteiger partial charge in [0.05, 0.1) is 17.1 Å². The zero-order valence-corrected chi connectivity index (χ0v) is 13.3. The topological polar surface area (TPSA) is 71.5 Å². The third-order valence-corrected chi connectivity index (χ3v) is 3.57. The molecule has 0 bridgehead atoms. The molecule has 2 aromatic rings. The fraction of sp³-hybridized carbons (Fsp3) is 0.200. The molecular weight excluding hydrogens is 336 g/mol. The Morgan fingerprint density at radius 2 is 2.14 bits per heavy atom. The molecule has 2 N–H and O–H groups in total. The normalized spacial score (nSPS) is 10.2. The highest BCUT2D eigenvalue weighted by molar-refractivity contribution is 9.10. The molecule has 21 heavy (non-hydrogen) atoms. The van der Waals surface area contributed by atoms with Gasteiger partial charge in [0.25, 0.3) is 0 Å². The minimum atomic E-state index is -0.969. The van der Waals surface area contributed by atoms with E-state index >= 15 is 0 Å². The molecule has 0 fully saturated rings. The number of aromatic nitrogens is 1. The van der Waals surface area contributed by atoms with Crippen molar-refractivity contribution in [2.45, 2.75) is 13.3 Å². The van der Waals surface area contributed by atoms with Gasteiger partial charge in [-0.15, -0.1) is 0 Å². The van der Waals surface area contributed by atoms with Crippen LogP contribution < -0.4 is 10.1 Å². The first-order valence-corrected chi connectivity index (χ1v) is 7.17. The van der Waals surface area contributed by atoms with Crippen LogP contribution in [-0.2, 0) is 6.42 Å². The number of benzene rings is 1. The van der Waals surface area contributed by atoms with E-state index in [0.717, 1.165) is 15.9 Å². The zero-order chi connectivity index (χ0) is 15.4. The van der Waals surface area contributed by atoms with Gasteiger partial charge < -0.3 is 15.2 Å². The number of methoxy groups -OCH3 is 1. The molecule has 0 aliphatic heterocycles. The fourth-order valence-corrected chi connectivity index (χ4v) is 2.25. The van der Waals surface area contributed by atoms with Crippen molar-refractivity contribution in [2.75, 3.05) is 12.4 Å². The van der Waals surface area contributed by atoms with E-state index in [9.17, 15) is 4.79 Å². The largest absolute Gasteiger partial charge is 0.495 e. The number of carbonyl (C=O) groups is 1. The minimum absolute atomic E-state index is 0.216. The highest BCUT2D eigenvalue weighted by atomic mass is 79.9. The lowest BCUT2D eigenvalue weighted by Gasteiger charge is -2.10. The standard InChI is InChI=1S/C15H15BrN2O3/c1-3-10-6-9(15(19)20)7-14(17-10)18-11-4-5-12(16)13(8-11)21-2/h4-8H,3H2,1-2H3,(H,17,18)(H,19,20). The summed E-state index contributed by atoms with van der Waals surface area (Å²) >= 11 is 3.38. The van der Waals surface area contributed by atoms with Gasteiger partial charge in [-0.1, -0.05) is 6.92 Å². The van der Waals surface area contributed by atoms with Gasteiger partial charge in [0, 0.05) is 17.4 Å². The number of nitrogens with one attached hydrogen (secondary N) is 1. The van der Waals surface area contributed by atoms with E-state index in [-0.39, 0.29) is 5.56 Å². The molecule has 0 radical (unpaired) electrons. The van der Waals surface area contributed by atoms with Gasteiger partial charge in [-0.2, -0.15) is 0 Å². The molecule has 0 amide bonds.